The Morgan fingerprint density at radius 1 is 1.03 bits per heavy atom. The van der Waals surface area contributed by atoms with E-state index in [0.29, 0.717) is 27.6 Å². The van der Waals surface area contributed by atoms with Crippen LogP contribution < -0.4 is 14.2 Å². The molecule has 7 nitrogen and oxygen atoms in total. The first kappa shape index (κ1) is 25.4. The van der Waals surface area contributed by atoms with Gasteiger partial charge in [0.25, 0.3) is 10.0 Å². The first-order valence-corrected chi connectivity index (χ1v) is 13.3. The molecule has 4 rings (SSSR count). The maximum absolute atomic E-state index is 12.8. The Labute approximate surface area is 218 Å². The van der Waals surface area contributed by atoms with Gasteiger partial charge in [-0.1, -0.05) is 17.7 Å². The highest BCUT2D eigenvalue weighted by atomic mass is 35.5. The van der Waals surface area contributed by atoms with E-state index in [9.17, 15) is 13.2 Å². The largest absolute Gasteiger partial charge is 0.496 e. The van der Waals surface area contributed by atoms with Gasteiger partial charge in [-0.15, -0.1) is 11.3 Å². The fourth-order valence-corrected chi connectivity index (χ4v) is 5.24. The van der Waals surface area contributed by atoms with Gasteiger partial charge in [0, 0.05) is 33.8 Å². The number of rotatable bonds is 9. The number of aromatic nitrogens is 1. The fourth-order valence-electron chi connectivity index (χ4n) is 3.37. The number of benzene rings is 2. The Kier molecular flexibility index (Phi) is 7.73. The number of allylic oxidation sites excluding steroid dienone is 1. The van der Waals surface area contributed by atoms with E-state index in [1.54, 1.807) is 37.7 Å². The van der Waals surface area contributed by atoms with Crippen molar-refractivity contribution in [1.29, 1.82) is 0 Å². The van der Waals surface area contributed by atoms with Crippen LogP contribution in [0.2, 0.25) is 5.02 Å². The molecule has 0 fully saturated rings. The molecule has 4 aromatic rings. The number of thiophene rings is 1. The summed E-state index contributed by atoms with van der Waals surface area (Å²) in [6.07, 6.45) is 4.42. The van der Waals surface area contributed by atoms with Gasteiger partial charge in [-0.05, 0) is 66.1 Å². The van der Waals surface area contributed by atoms with Crippen molar-refractivity contribution < 1.29 is 22.7 Å². The van der Waals surface area contributed by atoms with Crippen molar-refractivity contribution in [2.24, 2.45) is 0 Å². The Bertz CT molecular complexity index is 1500. The SMILES string of the molecule is COc1cc(OC)c(-c2cccs2)cc1/C=C/C(=O)c1ccc(S(=O)(=O)Nc2ccc(Cl)cn2)cc1. The third kappa shape index (κ3) is 5.76. The van der Waals surface area contributed by atoms with E-state index >= 15 is 0 Å². The monoisotopic (exact) mass is 540 g/mol. The van der Waals surface area contributed by atoms with Gasteiger partial charge >= 0.3 is 0 Å². The molecule has 2 aromatic heterocycles. The number of pyridine rings is 1. The summed E-state index contributed by atoms with van der Waals surface area (Å²) in [4.78, 5) is 17.8. The van der Waals surface area contributed by atoms with E-state index in [1.165, 1.54) is 48.7 Å². The highest BCUT2D eigenvalue weighted by Crippen LogP contribution is 2.38. The van der Waals surface area contributed by atoms with Crippen molar-refractivity contribution in [1.82, 2.24) is 4.98 Å². The number of ketones is 1. The molecule has 0 aliphatic rings. The molecule has 0 aliphatic heterocycles. The van der Waals surface area contributed by atoms with Gasteiger partial charge in [0.05, 0.1) is 24.1 Å². The number of carbonyl (C=O) groups excluding carboxylic acids is 1. The fraction of sp³-hybridized carbons (Fsp3) is 0.0769. The lowest BCUT2D eigenvalue weighted by molar-refractivity contribution is 0.104. The van der Waals surface area contributed by atoms with Crippen LogP contribution in [0.5, 0.6) is 11.5 Å². The average Bonchev–Trinajstić information content (AvgIpc) is 3.43. The minimum atomic E-state index is -3.88. The lowest BCUT2D eigenvalue weighted by atomic mass is 10.0. The van der Waals surface area contributed by atoms with Crippen LogP contribution in [-0.4, -0.2) is 33.4 Å². The zero-order valence-electron chi connectivity index (χ0n) is 19.3. The van der Waals surface area contributed by atoms with Crippen LogP contribution in [0, 0.1) is 0 Å². The minimum absolute atomic E-state index is 0.00260. The summed E-state index contributed by atoms with van der Waals surface area (Å²) in [5.74, 6) is 1.07. The summed E-state index contributed by atoms with van der Waals surface area (Å²) in [5, 5.41) is 2.37. The molecule has 0 saturated carbocycles. The number of nitrogens with zero attached hydrogens (tertiary/aromatic N) is 1. The molecule has 0 bridgehead atoms. The van der Waals surface area contributed by atoms with Crippen molar-refractivity contribution >= 4 is 50.6 Å². The smallest absolute Gasteiger partial charge is 0.263 e. The highest BCUT2D eigenvalue weighted by Gasteiger charge is 2.16. The van der Waals surface area contributed by atoms with Crippen LogP contribution in [0.15, 0.2) is 83.2 Å². The highest BCUT2D eigenvalue weighted by molar-refractivity contribution is 7.92. The third-order valence-electron chi connectivity index (χ3n) is 5.17. The number of ether oxygens (including phenoxy) is 2. The van der Waals surface area contributed by atoms with E-state index < -0.39 is 10.0 Å². The normalized spacial score (nSPS) is 11.4. The zero-order valence-corrected chi connectivity index (χ0v) is 21.7. The van der Waals surface area contributed by atoms with Gasteiger partial charge in [-0.3, -0.25) is 9.52 Å². The van der Waals surface area contributed by atoms with E-state index in [4.69, 9.17) is 21.1 Å². The number of hydrogen-bond acceptors (Lipinski definition) is 7. The van der Waals surface area contributed by atoms with Crippen LogP contribution in [0.25, 0.3) is 16.5 Å². The number of nitrogens with one attached hydrogen (secondary N) is 1. The number of sulfonamides is 1. The second-order valence-electron chi connectivity index (χ2n) is 7.46. The minimum Gasteiger partial charge on any atom is -0.496 e. The first-order valence-electron chi connectivity index (χ1n) is 10.6. The van der Waals surface area contributed by atoms with Crippen LogP contribution in [0.3, 0.4) is 0 Å². The zero-order chi connectivity index (χ0) is 25.7. The van der Waals surface area contributed by atoms with E-state index in [0.717, 1.165) is 10.4 Å². The molecule has 0 amide bonds. The summed E-state index contributed by atoms with van der Waals surface area (Å²) < 4.78 is 38.6. The summed E-state index contributed by atoms with van der Waals surface area (Å²) in [6.45, 7) is 0. The van der Waals surface area contributed by atoms with Crippen LogP contribution in [0.1, 0.15) is 15.9 Å². The predicted molar refractivity (Wildman–Crippen MR) is 143 cm³/mol. The number of halogens is 1. The Balaban J connectivity index is 1.54. The van der Waals surface area contributed by atoms with Crippen LogP contribution in [0.4, 0.5) is 5.82 Å². The van der Waals surface area contributed by atoms with Crippen molar-refractivity contribution in [3.8, 4) is 21.9 Å². The van der Waals surface area contributed by atoms with Crippen molar-refractivity contribution in [3.63, 3.8) is 0 Å². The molecule has 184 valence electrons. The lowest BCUT2D eigenvalue weighted by Gasteiger charge is -2.12. The van der Waals surface area contributed by atoms with Gasteiger partial charge in [0.15, 0.2) is 5.78 Å². The molecule has 0 aliphatic carbocycles. The van der Waals surface area contributed by atoms with Gasteiger partial charge in [0.2, 0.25) is 0 Å². The topological polar surface area (TPSA) is 94.6 Å². The summed E-state index contributed by atoms with van der Waals surface area (Å²) >= 11 is 7.36. The number of carbonyl (C=O) groups is 1. The molecule has 10 heteroatoms. The Morgan fingerprint density at radius 2 is 1.78 bits per heavy atom. The molecule has 1 N–H and O–H groups in total. The number of methoxy groups -OCH3 is 2. The molecular formula is C26H21ClN2O5S2. The summed E-state index contributed by atoms with van der Waals surface area (Å²) in [6, 6.07) is 16.2. The molecule has 0 radical (unpaired) electrons. The number of anilines is 1. The van der Waals surface area contributed by atoms with Gasteiger partial charge in [0.1, 0.15) is 17.3 Å². The van der Waals surface area contributed by atoms with Gasteiger partial charge < -0.3 is 9.47 Å². The molecule has 0 spiro atoms. The Hall–Kier alpha value is -3.66. The first-order chi connectivity index (χ1) is 17.3. The molecular weight excluding hydrogens is 520 g/mol. The second kappa shape index (κ2) is 10.9. The maximum Gasteiger partial charge on any atom is 0.263 e. The lowest BCUT2D eigenvalue weighted by Crippen LogP contribution is -2.14. The average molecular weight is 541 g/mol. The van der Waals surface area contributed by atoms with Crippen molar-refractivity contribution in [3.05, 3.63) is 94.5 Å². The molecule has 0 atom stereocenters. The summed E-state index contributed by atoms with van der Waals surface area (Å²) in [7, 11) is -0.738. The maximum atomic E-state index is 12.8. The second-order valence-corrected chi connectivity index (χ2v) is 10.5. The molecule has 0 unspecified atom stereocenters. The van der Waals surface area contributed by atoms with E-state index in [2.05, 4.69) is 9.71 Å². The summed E-state index contributed by atoms with van der Waals surface area (Å²) in [5.41, 5.74) is 1.92. The van der Waals surface area contributed by atoms with Crippen molar-refractivity contribution in [2.45, 2.75) is 4.90 Å². The van der Waals surface area contributed by atoms with Crippen LogP contribution in [-0.2, 0) is 10.0 Å². The van der Waals surface area contributed by atoms with Crippen molar-refractivity contribution in [2.75, 3.05) is 18.9 Å². The van der Waals surface area contributed by atoms with E-state index in [1.807, 2.05) is 23.6 Å². The van der Waals surface area contributed by atoms with E-state index in [-0.39, 0.29) is 16.5 Å². The van der Waals surface area contributed by atoms with Crippen LogP contribution >= 0.6 is 22.9 Å². The Morgan fingerprint density at radius 3 is 2.39 bits per heavy atom. The number of hydrogen-bond donors (Lipinski definition) is 1. The molecule has 36 heavy (non-hydrogen) atoms. The molecule has 2 heterocycles. The quantitative estimate of drug-likeness (QED) is 0.201. The molecule has 2 aromatic carbocycles. The third-order valence-corrected chi connectivity index (χ3v) is 7.67. The van der Waals surface area contributed by atoms with Gasteiger partial charge in [-0.25, -0.2) is 13.4 Å². The van der Waals surface area contributed by atoms with Gasteiger partial charge in [-0.2, -0.15) is 0 Å². The molecule has 0 saturated heterocycles. The standard InChI is InChI=1S/C26H21ClN2O5S2/c1-33-23-15-24(34-2)21(25-4-3-13-35-25)14-18(23)7-11-22(30)17-5-9-20(10-6-17)36(31,32)29-26-12-8-19(27)16-28-26/h3-16H,1-2H3,(H,28,29)/b11-7+. The predicted octanol–water partition coefficient (Wildman–Crippen LogP) is 6.18.